The first kappa shape index (κ1) is 27.3. The first-order valence-corrected chi connectivity index (χ1v) is 13.0. The Kier molecular flexibility index (Phi) is 9.20. The summed E-state index contributed by atoms with van der Waals surface area (Å²) in [6.07, 6.45) is 4.63. The van der Waals surface area contributed by atoms with Gasteiger partial charge in [-0.25, -0.2) is 18.9 Å². The average molecular weight is 494 g/mol. The van der Waals surface area contributed by atoms with Gasteiger partial charge < -0.3 is 15.2 Å². The van der Waals surface area contributed by atoms with Crippen molar-refractivity contribution >= 4 is 11.5 Å². The molecule has 0 bridgehead atoms. The quantitative estimate of drug-likeness (QED) is 0.291. The van der Waals surface area contributed by atoms with Crippen molar-refractivity contribution in [3.05, 3.63) is 54.2 Å². The molecular formula is C28H40FN7. The van der Waals surface area contributed by atoms with E-state index in [1.165, 1.54) is 12.1 Å². The lowest BCUT2D eigenvalue weighted by Crippen LogP contribution is -2.21. The fourth-order valence-electron chi connectivity index (χ4n) is 4.35. The molecule has 0 aliphatic heterocycles. The summed E-state index contributed by atoms with van der Waals surface area (Å²) in [6, 6.07) is 10.7. The minimum Gasteiger partial charge on any atom is -0.382 e. The molecule has 194 valence electrons. The minimum atomic E-state index is -0.266. The number of benzene rings is 1. The van der Waals surface area contributed by atoms with E-state index in [-0.39, 0.29) is 17.8 Å². The number of nitrogens with two attached hydrogens (primary N) is 1. The number of rotatable bonds is 9. The van der Waals surface area contributed by atoms with Crippen LogP contribution < -0.4 is 5.73 Å². The molecule has 0 fully saturated rings. The molecule has 3 heterocycles. The Morgan fingerprint density at radius 2 is 1.69 bits per heavy atom. The average Bonchev–Trinajstić information content (AvgIpc) is 3.45. The monoisotopic (exact) mass is 493 g/mol. The topological polar surface area (TPSA) is 77.3 Å². The number of nitrogen functional groups attached to an aromatic ring is 1. The highest BCUT2D eigenvalue weighted by Gasteiger charge is 2.28. The summed E-state index contributed by atoms with van der Waals surface area (Å²) in [6.45, 7) is 11.6. The fourth-order valence-corrected chi connectivity index (χ4v) is 4.35. The van der Waals surface area contributed by atoms with Gasteiger partial charge in [0.2, 0.25) is 0 Å². The van der Waals surface area contributed by atoms with Crippen molar-refractivity contribution in [1.82, 2.24) is 29.0 Å². The summed E-state index contributed by atoms with van der Waals surface area (Å²) in [5.41, 5.74) is 10.0. The van der Waals surface area contributed by atoms with Gasteiger partial charge in [-0.2, -0.15) is 5.10 Å². The minimum absolute atomic E-state index is 0.244. The van der Waals surface area contributed by atoms with Gasteiger partial charge in [-0.05, 0) is 76.3 Å². The second-order valence-corrected chi connectivity index (χ2v) is 9.19. The summed E-state index contributed by atoms with van der Waals surface area (Å²) in [5, 5.41) is 4.87. The van der Waals surface area contributed by atoms with E-state index in [4.69, 9.17) is 15.8 Å². The third-order valence-corrected chi connectivity index (χ3v) is 6.44. The molecule has 4 rings (SSSR count). The standard InChI is InChI=1S/C26H34FN7.C2H6/c1-6-17(3)26-30-24(18-8-10-19(27)11-9-18)25(34(26)20(7-2)14-15-32(4)5)21-12-13-23-29-22(28)16-33(23)31-21;1-2/h8-13,16-17,20H,6-7,14-15,28H2,1-5H3;1-2H3. The summed E-state index contributed by atoms with van der Waals surface area (Å²) in [5.74, 6) is 1.45. The Labute approximate surface area is 214 Å². The maximum Gasteiger partial charge on any atom is 0.156 e. The zero-order valence-electron chi connectivity index (χ0n) is 22.7. The Bertz CT molecular complexity index is 1260. The highest BCUT2D eigenvalue weighted by Crippen LogP contribution is 2.39. The Hall–Kier alpha value is -3.26. The number of nitrogens with zero attached hydrogens (tertiary/aromatic N) is 6. The number of fused-ring (bicyclic) bond motifs is 1. The Morgan fingerprint density at radius 1 is 1.00 bits per heavy atom. The van der Waals surface area contributed by atoms with Gasteiger partial charge >= 0.3 is 0 Å². The second kappa shape index (κ2) is 12.1. The van der Waals surface area contributed by atoms with Gasteiger partial charge in [0.1, 0.15) is 23.2 Å². The molecule has 1 aromatic carbocycles. The molecule has 7 nitrogen and oxygen atoms in total. The van der Waals surface area contributed by atoms with Crippen LogP contribution in [-0.4, -0.2) is 49.7 Å². The van der Waals surface area contributed by atoms with Crippen molar-refractivity contribution in [2.24, 2.45) is 0 Å². The van der Waals surface area contributed by atoms with Crippen molar-refractivity contribution in [3.63, 3.8) is 0 Å². The summed E-state index contributed by atoms with van der Waals surface area (Å²) < 4.78 is 17.9. The van der Waals surface area contributed by atoms with Gasteiger partial charge in [0.05, 0.1) is 17.6 Å². The molecule has 0 saturated carbocycles. The number of imidazole rings is 2. The molecule has 0 radical (unpaired) electrons. The Balaban J connectivity index is 0.00000176. The van der Waals surface area contributed by atoms with E-state index in [1.807, 2.05) is 26.0 Å². The lowest BCUT2D eigenvalue weighted by Gasteiger charge is -2.25. The van der Waals surface area contributed by atoms with Crippen molar-refractivity contribution < 1.29 is 4.39 Å². The van der Waals surface area contributed by atoms with Gasteiger partial charge in [-0.15, -0.1) is 0 Å². The van der Waals surface area contributed by atoms with E-state index in [0.29, 0.717) is 11.5 Å². The van der Waals surface area contributed by atoms with Crippen molar-refractivity contribution in [2.45, 2.75) is 65.8 Å². The number of anilines is 1. The van der Waals surface area contributed by atoms with Crippen molar-refractivity contribution in [2.75, 3.05) is 26.4 Å². The van der Waals surface area contributed by atoms with Gasteiger partial charge in [0.15, 0.2) is 5.65 Å². The van der Waals surface area contributed by atoms with E-state index in [9.17, 15) is 4.39 Å². The van der Waals surface area contributed by atoms with Gasteiger partial charge in [0, 0.05) is 17.5 Å². The van der Waals surface area contributed by atoms with E-state index in [2.05, 4.69) is 49.3 Å². The number of halogens is 1. The van der Waals surface area contributed by atoms with Crippen molar-refractivity contribution in [3.8, 4) is 22.6 Å². The normalized spacial score (nSPS) is 13.0. The molecule has 0 amide bonds. The summed E-state index contributed by atoms with van der Waals surface area (Å²) in [7, 11) is 4.19. The first-order valence-electron chi connectivity index (χ1n) is 13.0. The smallest absolute Gasteiger partial charge is 0.156 e. The molecule has 0 aliphatic rings. The second-order valence-electron chi connectivity index (χ2n) is 9.19. The molecule has 2 atom stereocenters. The number of hydrogen-bond donors (Lipinski definition) is 1. The van der Waals surface area contributed by atoms with E-state index >= 15 is 0 Å². The maximum atomic E-state index is 13.8. The summed E-state index contributed by atoms with van der Waals surface area (Å²) >= 11 is 0. The predicted molar refractivity (Wildman–Crippen MR) is 147 cm³/mol. The lowest BCUT2D eigenvalue weighted by molar-refractivity contribution is 0.336. The van der Waals surface area contributed by atoms with Crippen LogP contribution in [0.4, 0.5) is 10.2 Å². The van der Waals surface area contributed by atoms with Crippen LogP contribution in [0.3, 0.4) is 0 Å². The fraction of sp³-hybridized carbons (Fsp3) is 0.464. The van der Waals surface area contributed by atoms with Crippen LogP contribution in [0.5, 0.6) is 0 Å². The van der Waals surface area contributed by atoms with Crippen molar-refractivity contribution in [1.29, 1.82) is 0 Å². The zero-order chi connectivity index (χ0) is 26.4. The van der Waals surface area contributed by atoms with E-state index in [0.717, 1.165) is 54.3 Å². The molecule has 2 N–H and O–H groups in total. The molecule has 36 heavy (non-hydrogen) atoms. The third kappa shape index (κ3) is 5.75. The first-order chi connectivity index (χ1) is 17.3. The molecule has 0 aliphatic carbocycles. The largest absolute Gasteiger partial charge is 0.382 e. The lowest BCUT2D eigenvalue weighted by atomic mass is 10.0. The third-order valence-electron chi connectivity index (χ3n) is 6.44. The molecule has 3 aromatic heterocycles. The van der Waals surface area contributed by atoms with Crippen LogP contribution in [0.15, 0.2) is 42.6 Å². The highest BCUT2D eigenvalue weighted by atomic mass is 19.1. The number of aromatic nitrogens is 5. The van der Waals surface area contributed by atoms with Crippen LogP contribution in [0.2, 0.25) is 0 Å². The van der Waals surface area contributed by atoms with E-state index < -0.39 is 0 Å². The SMILES string of the molecule is CC.CCC(C)c1nc(-c2ccc(F)cc2)c(-c2ccc3nc(N)cn3n2)n1C(CC)CCN(C)C. The highest BCUT2D eigenvalue weighted by molar-refractivity contribution is 5.78. The summed E-state index contributed by atoms with van der Waals surface area (Å²) in [4.78, 5) is 11.7. The molecular weight excluding hydrogens is 453 g/mol. The van der Waals surface area contributed by atoms with Gasteiger partial charge in [-0.3, -0.25) is 0 Å². The Morgan fingerprint density at radius 3 is 2.31 bits per heavy atom. The van der Waals surface area contributed by atoms with Gasteiger partial charge in [0.25, 0.3) is 0 Å². The predicted octanol–water partition coefficient (Wildman–Crippen LogP) is 6.42. The molecule has 2 unspecified atom stereocenters. The molecule has 0 spiro atoms. The van der Waals surface area contributed by atoms with Crippen LogP contribution in [0.25, 0.3) is 28.3 Å². The maximum absolute atomic E-state index is 13.8. The zero-order valence-corrected chi connectivity index (χ0v) is 22.7. The van der Waals surface area contributed by atoms with Crippen LogP contribution in [-0.2, 0) is 0 Å². The van der Waals surface area contributed by atoms with Gasteiger partial charge in [-0.1, -0.05) is 34.6 Å². The van der Waals surface area contributed by atoms with E-state index in [1.54, 1.807) is 22.8 Å². The molecule has 4 aromatic rings. The molecule has 0 saturated heterocycles. The molecule has 8 heteroatoms. The van der Waals surface area contributed by atoms with Crippen LogP contribution in [0, 0.1) is 5.82 Å². The number of hydrogen-bond acceptors (Lipinski definition) is 5. The van der Waals surface area contributed by atoms with Crippen LogP contribution in [0.1, 0.15) is 71.7 Å². The van der Waals surface area contributed by atoms with Crippen LogP contribution >= 0.6 is 0 Å².